The van der Waals surface area contributed by atoms with Gasteiger partial charge < -0.3 is 15.2 Å². The summed E-state index contributed by atoms with van der Waals surface area (Å²) in [6, 6.07) is 4.33. The summed E-state index contributed by atoms with van der Waals surface area (Å²) in [5, 5.41) is 10.7. The van der Waals surface area contributed by atoms with Crippen molar-refractivity contribution >= 4 is 23.6 Å². The molecule has 0 aliphatic carbocycles. The minimum Gasteiger partial charge on any atom is -0.480 e. The van der Waals surface area contributed by atoms with E-state index in [0.717, 1.165) is 0 Å². The van der Waals surface area contributed by atoms with Gasteiger partial charge in [0.2, 0.25) is 5.91 Å². The summed E-state index contributed by atoms with van der Waals surface area (Å²) in [5.74, 6) is -1.56. The van der Waals surface area contributed by atoms with Gasteiger partial charge >= 0.3 is 12.3 Å². The number of amides is 1. The number of hydrogen-bond donors (Lipinski definition) is 2. The molecule has 2 N–H and O–H groups in total. The maximum Gasteiger partial charge on any atom is 0.573 e. The largest absolute Gasteiger partial charge is 0.573 e. The molecule has 2 unspecified atom stereocenters. The molecule has 22 heavy (non-hydrogen) atoms. The van der Waals surface area contributed by atoms with Gasteiger partial charge in [0.15, 0.2) is 0 Å². The molecule has 1 aromatic carbocycles. The van der Waals surface area contributed by atoms with Crippen LogP contribution in [0.15, 0.2) is 24.3 Å². The molecule has 2 rings (SSSR count). The highest BCUT2D eigenvalue weighted by atomic mass is 32.2. The van der Waals surface area contributed by atoms with E-state index < -0.39 is 23.6 Å². The zero-order chi connectivity index (χ0) is 16.3. The summed E-state index contributed by atoms with van der Waals surface area (Å²) in [6.07, 6.45) is -4.44. The molecule has 0 bridgehead atoms. The van der Waals surface area contributed by atoms with Crippen LogP contribution in [-0.2, 0) is 16.0 Å². The fourth-order valence-corrected chi connectivity index (χ4v) is 3.10. The van der Waals surface area contributed by atoms with Crippen LogP contribution in [0.4, 0.5) is 13.2 Å². The third-order valence-electron chi connectivity index (χ3n) is 2.95. The van der Waals surface area contributed by atoms with E-state index in [4.69, 9.17) is 5.11 Å². The van der Waals surface area contributed by atoms with Crippen LogP contribution in [0.2, 0.25) is 0 Å². The van der Waals surface area contributed by atoms with Crippen molar-refractivity contribution < 1.29 is 32.6 Å². The van der Waals surface area contributed by atoms with E-state index in [2.05, 4.69) is 10.1 Å². The van der Waals surface area contributed by atoms with Crippen LogP contribution in [0, 0.1) is 0 Å². The first-order valence-corrected chi connectivity index (χ1v) is 7.29. The van der Waals surface area contributed by atoms with Crippen molar-refractivity contribution in [2.75, 3.05) is 5.75 Å². The molecule has 1 heterocycles. The molecule has 0 spiro atoms. The van der Waals surface area contributed by atoms with Crippen LogP contribution in [0.3, 0.4) is 0 Å². The average Bonchev–Trinajstić information content (AvgIpc) is 2.41. The molecular formula is C13H12F3NO4S. The van der Waals surface area contributed by atoms with Crippen LogP contribution in [0.25, 0.3) is 0 Å². The Kier molecular flexibility index (Phi) is 4.84. The average molecular weight is 335 g/mol. The van der Waals surface area contributed by atoms with Crippen LogP contribution in [0.5, 0.6) is 5.75 Å². The molecule has 5 nitrogen and oxygen atoms in total. The fourth-order valence-electron chi connectivity index (χ4n) is 1.92. The zero-order valence-electron chi connectivity index (χ0n) is 11.1. The van der Waals surface area contributed by atoms with Crippen molar-refractivity contribution in [3.05, 3.63) is 29.8 Å². The number of thioether (sulfide) groups is 1. The van der Waals surface area contributed by atoms with Gasteiger partial charge in [0, 0.05) is 5.75 Å². The van der Waals surface area contributed by atoms with Crippen molar-refractivity contribution in [1.82, 2.24) is 5.32 Å². The number of benzene rings is 1. The quantitative estimate of drug-likeness (QED) is 0.878. The van der Waals surface area contributed by atoms with E-state index in [-0.39, 0.29) is 17.4 Å². The number of nitrogens with one attached hydrogen (secondary N) is 1. The topological polar surface area (TPSA) is 75.6 Å². The van der Waals surface area contributed by atoms with Crippen molar-refractivity contribution in [2.24, 2.45) is 0 Å². The van der Waals surface area contributed by atoms with E-state index >= 15 is 0 Å². The van der Waals surface area contributed by atoms with Gasteiger partial charge in [-0.25, -0.2) is 4.79 Å². The number of rotatable bonds is 4. The zero-order valence-corrected chi connectivity index (χ0v) is 11.9. The Morgan fingerprint density at radius 1 is 1.36 bits per heavy atom. The third kappa shape index (κ3) is 4.55. The molecule has 0 radical (unpaired) electrons. The minimum atomic E-state index is -4.74. The normalized spacial score (nSPS) is 22.0. The van der Waals surface area contributed by atoms with E-state index in [1.807, 2.05) is 0 Å². The Balaban J connectivity index is 1.94. The smallest absolute Gasteiger partial charge is 0.480 e. The van der Waals surface area contributed by atoms with Gasteiger partial charge in [-0.15, -0.1) is 24.9 Å². The lowest BCUT2D eigenvalue weighted by Crippen LogP contribution is -2.51. The van der Waals surface area contributed by atoms with Gasteiger partial charge in [-0.05, 0) is 24.1 Å². The summed E-state index contributed by atoms with van der Waals surface area (Å²) in [6.45, 7) is 0. The lowest BCUT2D eigenvalue weighted by Gasteiger charge is -2.26. The third-order valence-corrected chi connectivity index (χ3v) is 4.26. The Morgan fingerprint density at radius 3 is 2.50 bits per heavy atom. The minimum absolute atomic E-state index is 0.251. The van der Waals surface area contributed by atoms with Gasteiger partial charge in [-0.3, -0.25) is 4.79 Å². The molecule has 1 fully saturated rings. The molecular weight excluding hydrogens is 323 g/mol. The van der Waals surface area contributed by atoms with Crippen LogP contribution >= 0.6 is 11.8 Å². The van der Waals surface area contributed by atoms with Gasteiger partial charge in [0.25, 0.3) is 0 Å². The van der Waals surface area contributed by atoms with E-state index in [0.29, 0.717) is 12.0 Å². The molecule has 0 saturated carbocycles. The molecule has 2 atom stereocenters. The maximum atomic E-state index is 12.0. The first-order chi connectivity index (χ1) is 10.2. The van der Waals surface area contributed by atoms with Crippen LogP contribution < -0.4 is 10.1 Å². The second-order valence-electron chi connectivity index (χ2n) is 4.62. The van der Waals surface area contributed by atoms with Gasteiger partial charge in [-0.1, -0.05) is 12.1 Å². The van der Waals surface area contributed by atoms with E-state index in [9.17, 15) is 22.8 Å². The molecule has 1 aliphatic heterocycles. The van der Waals surface area contributed by atoms with E-state index in [1.54, 1.807) is 0 Å². The second kappa shape index (κ2) is 6.47. The lowest BCUT2D eigenvalue weighted by atomic mass is 10.1. The number of halogens is 3. The Labute approximate surface area is 127 Å². The number of carbonyl (C=O) groups excluding carboxylic acids is 1. The highest BCUT2D eigenvalue weighted by Gasteiger charge is 2.33. The van der Waals surface area contributed by atoms with Crippen LogP contribution in [-0.4, -0.2) is 40.4 Å². The summed E-state index contributed by atoms with van der Waals surface area (Å²) >= 11 is 1.21. The Bertz CT molecular complexity index is 561. The molecule has 120 valence electrons. The number of carbonyl (C=O) groups is 2. The molecule has 1 aromatic rings. The maximum absolute atomic E-state index is 12.0. The molecule has 1 saturated heterocycles. The van der Waals surface area contributed by atoms with Crippen molar-refractivity contribution in [3.63, 3.8) is 0 Å². The SMILES string of the molecule is O=C(O)C1CSC(Cc2ccc(OC(F)(F)F)cc2)C(=O)N1. The van der Waals surface area contributed by atoms with Crippen molar-refractivity contribution in [3.8, 4) is 5.75 Å². The predicted molar refractivity (Wildman–Crippen MR) is 72.6 cm³/mol. The highest BCUT2D eigenvalue weighted by molar-refractivity contribution is 8.00. The van der Waals surface area contributed by atoms with Crippen molar-refractivity contribution in [1.29, 1.82) is 0 Å². The number of hydrogen-bond acceptors (Lipinski definition) is 4. The van der Waals surface area contributed by atoms with Crippen molar-refractivity contribution in [2.45, 2.75) is 24.1 Å². The molecule has 0 aromatic heterocycles. The molecule has 1 amide bonds. The summed E-state index contributed by atoms with van der Waals surface area (Å²) in [4.78, 5) is 22.6. The number of carboxylic acid groups (broad SMARTS) is 1. The Hall–Kier alpha value is -1.90. The molecule has 9 heteroatoms. The lowest BCUT2D eigenvalue weighted by molar-refractivity contribution is -0.274. The highest BCUT2D eigenvalue weighted by Crippen LogP contribution is 2.25. The summed E-state index contributed by atoms with van der Waals surface area (Å²) < 4.78 is 39.9. The fraction of sp³-hybridized carbons (Fsp3) is 0.385. The number of aliphatic carboxylic acids is 1. The standard InChI is InChI=1S/C13H12F3NO4S/c14-13(15,16)21-8-3-1-7(2-4-8)5-10-11(18)17-9(6-22-10)12(19)20/h1-4,9-10H,5-6H2,(H,17,18)(H,19,20). The Morgan fingerprint density at radius 2 is 2.00 bits per heavy atom. The first kappa shape index (κ1) is 16.5. The summed E-state index contributed by atoms with van der Waals surface area (Å²) in [7, 11) is 0. The van der Waals surface area contributed by atoms with Gasteiger partial charge in [-0.2, -0.15) is 0 Å². The number of ether oxygens (including phenoxy) is 1. The predicted octanol–water partition coefficient (Wildman–Crippen LogP) is 1.81. The monoisotopic (exact) mass is 335 g/mol. The number of carboxylic acids is 1. The van der Waals surface area contributed by atoms with Gasteiger partial charge in [0.05, 0.1) is 5.25 Å². The second-order valence-corrected chi connectivity index (χ2v) is 5.85. The van der Waals surface area contributed by atoms with E-state index in [1.165, 1.54) is 36.0 Å². The van der Waals surface area contributed by atoms with Crippen LogP contribution in [0.1, 0.15) is 5.56 Å². The molecule has 1 aliphatic rings. The summed E-state index contributed by atoms with van der Waals surface area (Å²) in [5.41, 5.74) is 0.663. The first-order valence-electron chi connectivity index (χ1n) is 6.24. The van der Waals surface area contributed by atoms with Gasteiger partial charge in [0.1, 0.15) is 11.8 Å². The number of alkyl halides is 3.